The Balaban J connectivity index is 2.34. The van der Waals surface area contributed by atoms with Gasteiger partial charge < -0.3 is 9.47 Å². The number of carbonyl (C=O) groups excluding carboxylic acids is 1. The third-order valence-electron chi connectivity index (χ3n) is 2.72. The maximum absolute atomic E-state index is 12.2. The molecule has 0 atom stereocenters. The van der Waals surface area contributed by atoms with Gasteiger partial charge in [0, 0.05) is 11.6 Å². The molecule has 17 heavy (non-hydrogen) atoms. The van der Waals surface area contributed by atoms with Crippen LogP contribution in [0.1, 0.15) is 16.8 Å². The predicted octanol–water partition coefficient (Wildman–Crippen LogP) is 2.77. The van der Waals surface area contributed by atoms with Gasteiger partial charge in [0.25, 0.3) is 0 Å². The van der Waals surface area contributed by atoms with Gasteiger partial charge in [-0.3, -0.25) is 4.79 Å². The summed E-state index contributed by atoms with van der Waals surface area (Å²) in [7, 11) is 3.13. The average Bonchev–Trinajstić information content (AvgIpc) is 2.91. The topological polar surface area (TPSA) is 35.5 Å². The molecule has 0 amide bonds. The van der Waals surface area contributed by atoms with Crippen molar-refractivity contribution < 1.29 is 14.3 Å². The lowest BCUT2D eigenvalue weighted by molar-refractivity contribution is 0.103. The first-order valence-electron chi connectivity index (χ1n) is 5.38. The molecule has 0 saturated heterocycles. The fourth-order valence-corrected chi connectivity index (χ4v) is 1.77. The highest BCUT2D eigenvalue weighted by Gasteiger charge is 2.17. The zero-order valence-electron chi connectivity index (χ0n) is 9.90. The summed E-state index contributed by atoms with van der Waals surface area (Å²) in [6, 6.07) is 5.22. The fraction of sp³-hybridized carbons (Fsp3) is 0.214. The molecule has 2 rings (SSSR count). The number of carbonyl (C=O) groups is 1. The second kappa shape index (κ2) is 4.87. The van der Waals surface area contributed by atoms with Crippen molar-refractivity contribution in [2.45, 2.75) is 6.42 Å². The van der Waals surface area contributed by atoms with Crippen LogP contribution in [0.25, 0.3) is 0 Å². The number of methoxy groups -OCH3 is 2. The maximum atomic E-state index is 12.2. The van der Waals surface area contributed by atoms with E-state index in [4.69, 9.17) is 9.47 Å². The van der Waals surface area contributed by atoms with Crippen LogP contribution in [0.3, 0.4) is 0 Å². The van der Waals surface area contributed by atoms with Crippen molar-refractivity contribution in [3.8, 4) is 11.5 Å². The zero-order chi connectivity index (χ0) is 12.3. The molecule has 1 aromatic rings. The van der Waals surface area contributed by atoms with Gasteiger partial charge in [-0.25, -0.2) is 0 Å². The van der Waals surface area contributed by atoms with E-state index in [0.29, 0.717) is 23.5 Å². The fourth-order valence-electron chi connectivity index (χ4n) is 1.77. The lowest BCUT2D eigenvalue weighted by Gasteiger charge is -2.09. The Morgan fingerprint density at radius 1 is 1.24 bits per heavy atom. The molecule has 0 saturated carbocycles. The third-order valence-corrected chi connectivity index (χ3v) is 2.72. The lowest BCUT2D eigenvalue weighted by atomic mass is 10.0. The highest BCUT2D eigenvalue weighted by atomic mass is 16.5. The number of allylic oxidation sites excluding steroid dienone is 4. The van der Waals surface area contributed by atoms with E-state index in [0.717, 1.165) is 5.57 Å². The molecule has 88 valence electrons. The minimum absolute atomic E-state index is 0.00880. The van der Waals surface area contributed by atoms with Gasteiger partial charge in [0.05, 0.1) is 19.8 Å². The Kier molecular flexibility index (Phi) is 3.28. The Morgan fingerprint density at radius 2 is 2.06 bits per heavy atom. The summed E-state index contributed by atoms with van der Waals surface area (Å²) >= 11 is 0. The highest BCUT2D eigenvalue weighted by Crippen LogP contribution is 2.28. The molecule has 0 bridgehead atoms. The summed E-state index contributed by atoms with van der Waals surface area (Å²) in [6.45, 7) is 0. The number of hydrogen-bond acceptors (Lipinski definition) is 3. The molecule has 1 aliphatic carbocycles. The molecule has 0 N–H and O–H groups in total. The number of rotatable bonds is 4. The maximum Gasteiger partial charge on any atom is 0.193 e. The summed E-state index contributed by atoms with van der Waals surface area (Å²) < 4.78 is 10.3. The van der Waals surface area contributed by atoms with Crippen LogP contribution in [0, 0.1) is 0 Å². The second-order valence-electron chi connectivity index (χ2n) is 3.72. The normalized spacial score (nSPS) is 13.4. The van der Waals surface area contributed by atoms with Crippen molar-refractivity contribution in [1.82, 2.24) is 0 Å². The number of ether oxygens (including phenoxy) is 2. The first kappa shape index (κ1) is 11.5. The molecule has 0 radical (unpaired) electrons. The number of hydrogen-bond donors (Lipinski definition) is 0. The van der Waals surface area contributed by atoms with Gasteiger partial charge in [-0.15, -0.1) is 0 Å². The first-order chi connectivity index (χ1) is 8.26. The molecule has 3 nitrogen and oxygen atoms in total. The third kappa shape index (κ3) is 2.23. The summed E-state index contributed by atoms with van der Waals surface area (Å²) in [5.41, 5.74) is 1.36. The van der Waals surface area contributed by atoms with Gasteiger partial charge in [0.2, 0.25) is 0 Å². The Bertz CT molecular complexity index is 498. The van der Waals surface area contributed by atoms with Crippen LogP contribution in [-0.2, 0) is 0 Å². The Labute approximate surface area is 100 Å². The molecule has 3 heteroatoms. The quantitative estimate of drug-likeness (QED) is 0.746. The molecular formula is C14H14O3. The van der Waals surface area contributed by atoms with Gasteiger partial charge >= 0.3 is 0 Å². The van der Waals surface area contributed by atoms with Crippen LogP contribution in [0.4, 0.5) is 0 Å². The highest BCUT2D eigenvalue weighted by molar-refractivity contribution is 6.11. The van der Waals surface area contributed by atoms with Crippen molar-refractivity contribution >= 4 is 5.78 Å². The SMILES string of the molecule is COc1ccc(C(=O)C2=CC=CC2)c(OC)c1. The molecule has 0 spiro atoms. The van der Waals surface area contributed by atoms with Crippen LogP contribution in [-0.4, -0.2) is 20.0 Å². The molecular weight excluding hydrogens is 216 g/mol. The van der Waals surface area contributed by atoms with Gasteiger partial charge in [-0.1, -0.05) is 18.2 Å². The van der Waals surface area contributed by atoms with Crippen LogP contribution < -0.4 is 9.47 Å². The summed E-state index contributed by atoms with van der Waals surface area (Å²) in [6.07, 6.45) is 6.38. The van der Waals surface area contributed by atoms with E-state index < -0.39 is 0 Å². The van der Waals surface area contributed by atoms with E-state index in [1.807, 2.05) is 18.2 Å². The second-order valence-corrected chi connectivity index (χ2v) is 3.72. The smallest absolute Gasteiger partial charge is 0.193 e. The van der Waals surface area contributed by atoms with Crippen LogP contribution in [0.2, 0.25) is 0 Å². The van der Waals surface area contributed by atoms with Crippen molar-refractivity contribution in [2.24, 2.45) is 0 Å². The van der Waals surface area contributed by atoms with Crippen molar-refractivity contribution in [1.29, 1.82) is 0 Å². The summed E-state index contributed by atoms with van der Waals surface area (Å²) in [5, 5.41) is 0. The van der Waals surface area contributed by atoms with Crippen LogP contribution >= 0.6 is 0 Å². The molecule has 0 unspecified atom stereocenters. The number of ketones is 1. The van der Waals surface area contributed by atoms with Crippen LogP contribution in [0.5, 0.6) is 11.5 Å². The molecule has 0 heterocycles. The van der Waals surface area contributed by atoms with Gasteiger partial charge in [0.1, 0.15) is 11.5 Å². The molecule has 0 aromatic heterocycles. The van der Waals surface area contributed by atoms with Gasteiger partial charge in [0.15, 0.2) is 5.78 Å². The molecule has 0 fully saturated rings. The van der Waals surface area contributed by atoms with E-state index in [9.17, 15) is 4.79 Å². The molecule has 1 aromatic carbocycles. The first-order valence-corrected chi connectivity index (χ1v) is 5.38. The summed E-state index contributed by atoms with van der Waals surface area (Å²) in [4.78, 5) is 12.2. The van der Waals surface area contributed by atoms with Crippen LogP contribution in [0.15, 0.2) is 42.0 Å². The minimum atomic E-state index is 0.00880. The average molecular weight is 230 g/mol. The van der Waals surface area contributed by atoms with Crippen molar-refractivity contribution in [2.75, 3.05) is 14.2 Å². The van der Waals surface area contributed by atoms with Crippen molar-refractivity contribution in [3.05, 3.63) is 47.6 Å². The monoisotopic (exact) mass is 230 g/mol. The number of Topliss-reactive ketones (excluding diaryl/α,β-unsaturated/α-hetero) is 1. The van der Waals surface area contributed by atoms with Gasteiger partial charge in [-0.2, -0.15) is 0 Å². The standard InChI is InChI=1S/C14H14O3/c1-16-11-7-8-12(13(9-11)17-2)14(15)10-5-3-4-6-10/h3-5,7-9H,6H2,1-2H3. The van der Waals surface area contributed by atoms with E-state index >= 15 is 0 Å². The zero-order valence-corrected chi connectivity index (χ0v) is 9.90. The summed E-state index contributed by atoms with van der Waals surface area (Å²) in [5.74, 6) is 1.23. The largest absolute Gasteiger partial charge is 0.497 e. The van der Waals surface area contributed by atoms with E-state index in [2.05, 4.69) is 0 Å². The van der Waals surface area contributed by atoms with Gasteiger partial charge in [-0.05, 0) is 18.6 Å². The van der Waals surface area contributed by atoms with Crippen molar-refractivity contribution in [3.63, 3.8) is 0 Å². The molecule has 0 aliphatic heterocycles. The Morgan fingerprint density at radius 3 is 2.65 bits per heavy atom. The Hall–Kier alpha value is -2.03. The van der Waals surface area contributed by atoms with E-state index in [-0.39, 0.29) is 5.78 Å². The predicted molar refractivity (Wildman–Crippen MR) is 65.7 cm³/mol. The number of benzene rings is 1. The van der Waals surface area contributed by atoms with E-state index in [1.54, 1.807) is 32.4 Å². The lowest BCUT2D eigenvalue weighted by Crippen LogP contribution is -2.04. The molecule has 1 aliphatic rings. The minimum Gasteiger partial charge on any atom is -0.497 e. The van der Waals surface area contributed by atoms with E-state index in [1.165, 1.54) is 0 Å².